The van der Waals surface area contributed by atoms with E-state index in [2.05, 4.69) is 43.4 Å². The fourth-order valence-electron chi connectivity index (χ4n) is 2.99. The number of carbonyl (C=O) groups is 1. The second kappa shape index (κ2) is 7.08. The predicted octanol–water partition coefficient (Wildman–Crippen LogP) is 2.99. The highest BCUT2D eigenvalue weighted by molar-refractivity contribution is 5.76. The highest BCUT2D eigenvalue weighted by Gasteiger charge is 2.35. The van der Waals surface area contributed by atoms with E-state index in [0.29, 0.717) is 13.0 Å². The highest BCUT2D eigenvalue weighted by Crippen LogP contribution is 2.35. The normalized spacial score (nSPS) is 25.6. The number of carbonyl (C=O) groups excluding carboxylic acids is 1. The third kappa shape index (κ3) is 4.57. The molecule has 0 aromatic heterocycles. The van der Waals surface area contributed by atoms with Gasteiger partial charge in [-0.1, -0.05) is 49.6 Å². The zero-order valence-electron chi connectivity index (χ0n) is 13.2. The van der Waals surface area contributed by atoms with Crippen molar-refractivity contribution in [1.82, 2.24) is 5.32 Å². The van der Waals surface area contributed by atoms with Crippen molar-refractivity contribution in [3.63, 3.8) is 0 Å². The van der Waals surface area contributed by atoms with Crippen LogP contribution in [0.5, 0.6) is 0 Å². The number of rotatable bonds is 5. The molecule has 1 fully saturated rings. The average molecular weight is 289 g/mol. The van der Waals surface area contributed by atoms with Crippen LogP contribution in [0, 0.1) is 12.3 Å². The molecule has 1 aliphatic carbocycles. The SMILES string of the molecule is Cc1ccc(CCC(=O)NC[C@]2(C)CCCC[C@H]2O)cc1. The molecule has 116 valence electrons. The summed E-state index contributed by atoms with van der Waals surface area (Å²) in [5.74, 6) is 0.0783. The zero-order chi connectivity index (χ0) is 15.3. The lowest BCUT2D eigenvalue weighted by Gasteiger charge is -2.38. The molecule has 0 unspecified atom stereocenters. The van der Waals surface area contributed by atoms with E-state index in [1.807, 2.05) is 0 Å². The van der Waals surface area contributed by atoms with E-state index in [0.717, 1.165) is 32.1 Å². The summed E-state index contributed by atoms with van der Waals surface area (Å²) in [7, 11) is 0. The van der Waals surface area contributed by atoms with Crippen LogP contribution in [0.25, 0.3) is 0 Å². The van der Waals surface area contributed by atoms with Gasteiger partial charge in [-0.25, -0.2) is 0 Å². The summed E-state index contributed by atoms with van der Waals surface area (Å²) >= 11 is 0. The molecule has 1 saturated carbocycles. The topological polar surface area (TPSA) is 49.3 Å². The van der Waals surface area contributed by atoms with Crippen molar-refractivity contribution in [3.8, 4) is 0 Å². The van der Waals surface area contributed by atoms with Crippen molar-refractivity contribution in [3.05, 3.63) is 35.4 Å². The van der Waals surface area contributed by atoms with Gasteiger partial charge in [-0.2, -0.15) is 0 Å². The Balaban J connectivity index is 1.75. The fraction of sp³-hybridized carbons (Fsp3) is 0.611. The number of aliphatic hydroxyl groups is 1. The molecule has 0 aliphatic heterocycles. The summed E-state index contributed by atoms with van der Waals surface area (Å²) in [5.41, 5.74) is 2.28. The van der Waals surface area contributed by atoms with Gasteiger partial charge in [0.15, 0.2) is 0 Å². The van der Waals surface area contributed by atoms with Gasteiger partial charge in [0.2, 0.25) is 5.91 Å². The van der Waals surface area contributed by atoms with Crippen molar-refractivity contribution in [2.24, 2.45) is 5.41 Å². The van der Waals surface area contributed by atoms with Gasteiger partial charge >= 0.3 is 0 Å². The number of aryl methyl sites for hydroxylation is 2. The molecule has 1 aromatic carbocycles. The third-order valence-corrected chi connectivity index (χ3v) is 4.73. The summed E-state index contributed by atoms with van der Waals surface area (Å²) in [6, 6.07) is 8.31. The maximum Gasteiger partial charge on any atom is 0.220 e. The Bertz CT molecular complexity index is 469. The molecule has 0 bridgehead atoms. The molecule has 21 heavy (non-hydrogen) atoms. The fourth-order valence-corrected chi connectivity index (χ4v) is 2.99. The molecular weight excluding hydrogens is 262 g/mol. The molecule has 0 heterocycles. The highest BCUT2D eigenvalue weighted by atomic mass is 16.3. The summed E-state index contributed by atoms with van der Waals surface area (Å²) < 4.78 is 0. The van der Waals surface area contributed by atoms with Crippen LogP contribution in [0.1, 0.15) is 50.2 Å². The van der Waals surface area contributed by atoms with Crippen molar-refractivity contribution >= 4 is 5.91 Å². The smallest absolute Gasteiger partial charge is 0.220 e. The van der Waals surface area contributed by atoms with E-state index >= 15 is 0 Å². The minimum Gasteiger partial charge on any atom is -0.392 e. The Morgan fingerprint density at radius 1 is 1.33 bits per heavy atom. The van der Waals surface area contributed by atoms with Crippen molar-refractivity contribution < 1.29 is 9.90 Å². The van der Waals surface area contributed by atoms with Crippen LogP contribution in [0.2, 0.25) is 0 Å². The average Bonchev–Trinajstić information content (AvgIpc) is 2.48. The van der Waals surface area contributed by atoms with Gasteiger partial charge in [0.25, 0.3) is 0 Å². The van der Waals surface area contributed by atoms with E-state index in [4.69, 9.17) is 0 Å². The summed E-state index contributed by atoms with van der Waals surface area (Å²) in [5, 5.41) is 13.1. The van der Waals surface area contributed by atoms with Gasteiger partial charge < -0.3 is 10.4 Å². The van der Waals surface area contributed by atoms with Gasteiger partial charge in [0.05, 0.1) is 6.10 Å². The van der Waals surface area contributed by atoms with E-state index in [1.54, 1.807) is 0 Å². The Hall–Kier alpha value is -1.35. The van der Waals surface area contributed by atoms with Crippen LogP contribution in [-0.2, 0) is 11.2 Å². The zero-order valence-corrected chi connectivity index (χ0v) is 13.2. The lowest BCUT2D eigenvalue weighted by Crippen LogP contribution is -2.45. The molecule has 1 aromatic rings. The maximum absolute atomic E-state index is 12.0. The van der Waals surface area contributed by atoms with Crippen molar-refractivity contribution in [2.45, 2.75) is 58.5 Å². The second-order valence-corrected chi connectivity index (χ2v) is 6.68. The van der Waals surface area contributed by atoms with Gasteiger partial charge in [-0.3, -0.25) is 4.79 Å². The van der Waals surface area contributed by atoms with Crippen LogP contribution in [0.4, 0.5) is 0 Å². The molecule has 3 nitrogen and oxygen atoms in total. The van der Waals surface area contributed by atoms with E-state index in [-0.39, 0.29) is 17.4 Å². The van der Waals surface area contributed by atoms with Crippen LogP contribution in [0.3, 0.4) is 0 Å². The number of hydrogen-bond acceptors (Lipinski definition) is 2. The molecule has 3 heteroatoms. The largest absolute Gasteiger partial charge is 0.392 e. The first kappa shape index (κ1) is 16.0. The number of amides is 1. The maximum atomic E-state index is 12.0. The molecule has 2 rings (SSSR count). The minimum atomic E-state index is -0.288. The van der Waals surface area contributed by atoms with E-state index in [9.17, 15) is 9.90 Å². The first-order valence-electron chi connectivity index (χ1n) is 8.00. The Morgan fingerprint density at radius 3 is 2.71 bits per heavy atom. The Labute approximate surface area is 127 Å². The number of aliphatic hydroxyl groups excluding tert-OH is 1. The van der Waals surface area contributed by atoms with E-state index in [1.165, 1.54) is 11.1 Å². The molecule has 0 spiro atoms. The second-order valence-electron chi connectivity index (χ2n) is 6.68. The number of nitrogens with one attached hydrogen (secondary N) is 1. The van der Waals surface area contributed by atoms with Gasteiger partial charge in [0.1, 0.15) is 0 Å². The lowest BCUT2D eigenvalue weighted by molar-refractivity contribution is -0.122. The van der Waals surface area contributed by atoms with Crippen molar-refractivity contribution in [1.29, 1.82) is 0 Å². The molecule has 1 aliphatic rings. The van der Waals surface area contributed by atoms with Gasteiger partial charge in [-0.15, -0.1) is 0 Å². The third-order valence-electron chi connectivity index (χ3n) is 4.73. The molecular formula is C18H27NO2. The minimum absolute atomic E-state index is 0.0783. The monoisotopic (exact) mass is 289 g/mol. The van der Waals surface area contributed by atoms with Crippen LogP contribution < -0.4 is 5.32 Å². The molecule has 2 N–H and O–H groups in total. The van der Waals surface area contributed by atoms with E-state index < -0.39 is 0 Å². The summed E-state index contributed by atoms with van der Waals surface area (Å²) in [4.78, 5) is 12.0. The summed E-state index contributed by atoms with van der Waals surface area (Å²) in [6.45, 7) is 4.73. The van der Waals surface area contributed by atoms with Gasteiger partial charge in [0, 0.05) is 18.4 Å². The Morgan fingerprint density at radius 2 is 2.05 bits per heavy atom. The van der Waals surface area contributed by atoms with Gasteiger partial charge in [-0.05, 0) is 31.7 Å². The van der Waals surface area contributed by atoms with Crippen LogP contribution in [-0.4, -0.2) is 23.7 Å². The summed E-state index contributed by atoms with van der Waals surface area (Å²) in [6.07, 6.45) is 5.08. The predicted molar refractivity (Wildman–Crippen MR) is 85.1 cm³/mol. The molecule has 1 amide bonds. The number of hydrogen-bond donors (Lipinski definition) is 2. The van der Waals surface area contributed by atoms with Crippen LogP contribution >= 0.6 is 0 Å². The molecule has 2 atom stereocenters. The quantitative estimate of drug-likeness (QED) is 0.875. The number of benzene rings is 1. The van der Waals surface area contributed by atoms with Crippen molar-refractivity contribution in [2.75, 3.05) is 6.54 Å². The Kier molecular flexibility index (Phi) is 5.40. The molecule has 0 radical (unpaired) electrons. The van der Waals surface area contributed by atoms with Crippen LogP contribution in [0.15, 0.2) is 24.3 Å². The lowest BCUT2D eigenvalue weighted by atomic mass is 9.73. The first-order valence-corrected chi connectivity index (χ1v) is 8.00. The standard InChI is InChI=1S/C18H27NO2/c1-14-6-8-15(9-7-14)10-11-17(21)19-13-18(2)12-4-3-5-16(18)20/h6-9,16,20H,3-5,10-13H2,1-2H3,(H,19,21)/t16-,18+/m1/s1. The first-order chi connectivity index (χ1) is 9.99. The molecule has 0 saturated heterocycles.